The van der Waals surface area contributed by atoms with Crippen molar-refractivity contribution in [2.45, 2.75) is 25.8 Å². The molecule has 1 aliphatic rings. The summed E-state index contributed by atoms with van der Waals surface area (Å²) in [6.45, 7) is 2.82. The first-order valence-electron chi connectivity index (χ1n) is 6.29. The average molecular weight is 235 g/mol. The summed E-state index contributed by atoms with van der Waals surface area (Å²) in [7, 11) is 1.81. The van der Waals surface area contributed by atoms with Gasteiger partial charge in [-0.15, -0.1) is 0 Å². The van der Waals surface area contributed by atoms with Gasteiger partial charge in [0.15, 0.2) is 5.96 Å². The van der Waals surface area contributed by atoms with E-state index < -0.39 is 0 Å². The molecular weight excluding hydrogens is 214 g/mol. The Morgan fingerprint density at radius 1 is 1.47 bits per heavy atom. The maximum absolute atomic E-state index is 4.21. The van der Waals surface area contributed by atoms with Gasteiger partial charge in [0.25, 0.3) is 0 Å². The van der Waals surface area contributed by atoms with Crippen LogP contribution in [0.25, 0.3) is 0 Å². The van der Waals surface area contributed by atoms with E-state index in [9.17, 15) is 0 Å². The molecule has 5 nitrogen and oxygen atoms in total. The maximum Gasteiger partial charge on any atom is 0.191 e. The smallest absolute Gasteiger partial charge is 0.191 e. The molecule has 1 aromatic rings. The van der Waals surface area contributed by atoms with Gasteiger partial charge in [0, 0.05) is 39.1 Å². The van der Waals surface area contributed by atoms with Crippen molar-refractivity contribution in [2.75, 3.05) is 20.1 Å². The number of nitrogens with one attached hydrogen (secondary N) is 2. The quantitative estimate of drug-likeness (QED) is 0.587. The van der Waals surface area contributed by atoms with Crippen molar-refractivity contribution >= 4 is 5.96 Å². The number of nitrogens with zero attached hydrogens (tertiary/aromatic N) is 3. The molecule has 1 heterocycles. The van der Waals surface area contributed by atoms with E-state index in [1.165, 1.54) is 19.3 Å². The predicted molar refractivity (Wildman–Crippen MR) is 68.9 cm³/mol. The molecule has 0 atom stereocenters. The number of aromatic nitrogens is 2. The summed E-state index contributed by atoms with van der Waals surface area (Å²) in [5, 5.41) is 6.67. The summed E-state index contributed by atoms with van der Waals surface area (Å²) in [6, 6.07) is 0. The Kier molecular flexibility index (Phi) is 4.41. The summed E-state index contributed by atoms with van der Waals surface area (Å²) in [4.78, 5) is 8.21. The standard InChI is InChI=1S/C12H21N5/c1-13-12(16-9-11-3-2-4-11)15-6-8-17-7-5-14-10-17/h5,7,10-11H,2-4,6,8-9H2,1H3,(H2,13,15,16). The molecule has 5 heteroatoms. The van der Waals surface area contributed by atoms with Crippen LogP contribution in [0.4, 0.5) is 0 Å². The number of guanidine groups is 1. The molecule has 0 saturated heterocycles. The third-order valence-corrected chi connectivity index (χ3v) is 3.23. The Hall–Kier alpha value is -1.52. The Balaban J connectivity index is 1.61. The molecule has 0 aliphatic heterocycles. The summed E-state index contributed by atoms with van der Waals surface area (Å²) >= 11 is 0. The van der Waals surface area contributed by atoms with Crippen LogP contribution in [0.2, 0.25) is 0 Å². The van der Waals surface area contributed by atoms with Gasteiger partial charge in [-0.25, -0.2) is 4.98 Å². The lowest BCUT2D eigenvalue weighted by Gasteiger charge is -2.26. The van der Waals surface area contributed by atoms with E-state index in [-0.39, 0.29) is 0 Å². The van der Waals surface area contributed by atoms with E-state index >= 15 is 0 Å². The molecule has 0 amide bonds. The van der Waals surface area contributed by atoms with Gasteiger partial charge < -0.3 is 15.2 Å². The normalized spacial score (nSPS) is 16.6. The summed E-state index contributed by atoms with van der Waals surface area (Å²) in [5.41, 5.74) is 0. The Morgan fingerprint density at radius 2 is 2.35 bits per heavy atom. The van der Waals surface area contributed by atoms with Crippen LogP contribution in [-0.4, -0.2) is 35.6 Å². The minimum absolute atomic E-state index is 0.849. The van der Waals surface area contributed by atoms with E-state index in [1.54, 1.807) is 6.20 Å². The molecule has 2 rings (SSSR count). The van der Waals surface area contributed by atoms with Crippen LogP contribution < -0.4 is 10.6 Å². The SMILES string of the molecule is CN=C(NCCn1ccnc1)NCC1CCC1. The molecular formula is C12H21N5. The van der Waals surface area contributed by atoms with E-state index in [0.717, 1.165) is 31.5 Å². The van der Waals surface area contributed by atoms with E-state index in [0.29, 0.717) is 0 Å². The molecule has 1 saturated carbocycles. The van der Waals surface area contributed by atoms with Gasteiger partial charge in [-0.2, -0.15) is 0 Å². The average Bonchev–Trinajstić information content (AvgIpc) is 2.77. The van der Waals surface area contributed by atoms with Crippen LogP contribution in [0.3, 0.4) is 0 Å². The van der Waals surface area contributed by atoms with Gasteiger partial charge in [-0.1, -0.05) is 6.42 Å². The van der Waals surface area contributed by atoms with Crippen LogP contribution in [0, 0.1) is 5.92 Å². The van der Waals surface area contributed by atoms with Gasteiger partial charge in [-0.3, -0.25) is 4.99 Å². The number of imidazole rings is 1. The zero-order chi connectivity index (χ0) is 11.9. The highest BCUT2D eigenvalue weighted by Gasteiger charge is 2.17. The topological polar surface area (TPSA) is 54.2 Å². The third-order valence-electron chi connectivity index (χ3n) is 3.23. The highest BCUT2D eigenvalue weighted by Crippen LogP contribution is 2.24. The molecule has 0 aromatic carbocycles. The van der Waals surface area contributed by atoms with E-state index in [4.69, 9.17) is 0 Å². The lowest BCUT2D eigenvalue weighted by Crippen LogP contribution is -2.41. The number of rotatable bonds is 5. The first kappa shape index (κ1) is 12.0. The molecule has 1 aromatic heterocycles. The molecule has 1 fully saturated rings. The Labute approximate surface area is 102 Å². The van der Waals surface area contributed by atoms with Crippen LogP contribution >= 0.6 is 0 Å². The van der Waals surface area contributed by atoms with Crippen molar-refractivity contribution in [1.82, 2.24) is 20.2 Å². The number of hydrogen-bond donors (Lipinski definition) is 2. The minimum atomic E-state index is 0.849. The monoisotopic (exact) mass is 235 g/mol. The molecule has 94 valence electrons. The predicted octanol–water partition coefficient (Wildman–Crippen LogP) is 0.848. The molecule has 17 heavy (non-hydrogen) atoms. The summed E-state index contributed by atoms with van der Waals surface area (Å²) < 4.78 is 2.05. The molecule has 0 unspecified atom stereocenters. The van der Waals surface area contributed by atoms with Crippen LogP contribution in [0.15, 0.2) is 23.7 Å². The Morgan fingerprint density at radius 3 is 2.94 bits per heavy atom. The highest BCUT2D eigenvalue weighted by atomic mass is 15.2. The zero-order valence-electron chi connectivity index (χ0n) is 10.4. The maximum atomic E-state index is 4.21. The molecule has 1 aliphatic carbocycles. The van der Waals surface area contributed by atoms with E-state index in [1.807, 2.05) is 24.1 Å². The fourth-order valence-electron chi connectivity index (χ4n) is 1.88. The van der Waals surface area contributed by atoms with Gasteiger partial charge in [-0.05, 0) is 18.8 Å². The van der Waals surface area contributed by atoms with Gasteiger partial charge in [0.1, 0.15) is 0 Å². The first-order chi connectivity index (χ1) is 8.38. The van der Waals surface area contributed by atoms with Gasteiger partial charge >= 0.3 is 0 Å². The third kappa shape index (κ3) is 3.76. The molecule has 2 N–H and O–H groups in total. The van der Waals surface area contributed by atoms with Crippen molar-refractivity contribution < 1.29 is 0 Å². The fourth-order valence-corrected chi connectivity index (χ4v) is 1.88. The van der Waals surface area contributed by atoms with Crippen molar-refractivity contribution in [3.8, 4) is 0 Å². The lowest BCUT2D eigenvalue weighted by atomic mass is 9.85. The lowest BCUT2D eigenvalue weighted by molar-refractivity contribution is 0.314. The van der Waals surface area contributed by atoms with Crippen molar-refractivity contribution in [3.63, 3.8) is 0 Å². The second kappa shape index (κ2) is 6.27. The summed E-state index contributed by atoms with van der Waals surface area (Å²) in [6.07, 6.45) is 9.69. The number of aliphatic imine (C=N–C) groups is 1. The van der Waals surface area contributed by atoms with Crippen molar-refractivity contribution in [2.24, 2.45) is 10.9 Å². The second-order valence-corrected chi connectivity index (χ2v) is 4.48. The van der Waals surface area contributed by atoms with E-state index in [2.05, 4.69) is 20.6 Å². The molecule has 0 spiro atoms. The van der Waals surface area contributed by atoms with Gasteiger partial charge in [0.2, 0.25) is 0 Å². The zero-order valence-corrected chi connectivity index (χ0v) is 10.4. The van der Waals surface area contributed by atoms with Crippen LogP contribution in [-0.2, 0) is 6.54 Å². The van der Waals surface area contributed by atoms with Crippen molar-refractivity contribution in [3.05, 3.63) is 18.7 Å². The summed E-state index contributed by atoms with van der Waals surface area (Å²) in [5.74, 6) is 1.75. The van der Waals surface area contributed by atoms with Gasteiger partial charge in [0.05, 0.1) is 6.33 Å². The highest BCUT2D eigenvalue weighted by molar-refractivity contribution is 5.79. The second-order valence-electron chi connectivity index (χ2n) is 4.48. The largest absolute Gasteiger partial charge is 0.356 e. The van der Waals surface area contributed by atoms with Crippen molar-refractivity contribution in [1.29, 1.82) is 0 Å². The van der Waals surface area contributed by atoms with Crippen LogP contribution in [0.5, 0.6) is 0 Å². The van der Waals surface area contributed by atoms with Crippen LogP contribution in [0.1, 0.15) is 19.3 Å². The molecule has 0 bridgehead atoms. The minimum Gasteiger partial charge on any atom is -0.356 e. The first-order valence-corrected chi connectivity index (χ1v) is 6.29. The fraction of sp³-hybridized carbons (Fsp3) is 0.667. The Bertz CT molecular complexity index is 340. The molecule has 0 radical (unpaired) electrons. The number of hydrogen-bond acceptors (Lipinski definition) is 2.